The first-order valence-electron chi connectivity index (χ1n) is 8.20. The molecular weight excluding hydrogens is 372 g/mol. The van der Waals surface area contributed by atoms with Crippen LogP contribution in [0.15, 0.2) is 46.2 Å². The third-order valence-corrected chi connectivity index (χ3v) is 5.23. The molecule has 0 unspecified atom stereocenters. The highest BCUT2D eigenvalue weighted by Gasteiger charge is 2.21. The zero-order chi connectivity index (χ0) is 18.7. The standard InChI is InChI=1S/C18H19ClN4O2S/c1-4-23-16(15-9-10-25-11(15)2)21-22-18(23)26-12(3)17(24)20-14-7-5-13(19)6-8-14/h5-10,12H,4H2,1-3H3,(H,20,24)/t12-/m0/s1. The van der Waals surface area contributed by atoms with E-state index in [1.54, 1.807) is 30.5 Å². The minimum atomic E-state index is -0.335. The molecule has 0 saturated heterocycles. The summed E-state index contributed by atoms with van der Waals surface area (Å²) in [6.45, 7) is 6.44. The van der Waals surface area contributed by atoms with E-state index in [-0.39, 0.29) is 11.2 Å². The number of aromatic nitrogens is 3. The van der Waals surface area contributed by atoms with Gasteiger partial charge in [-0.25, -0.2) is 0 Å². The lowest BCUT2D eigenvalue weighted by molar-refractivity contribution is -0.115. The molecule has 3 aromatic rings. The maximum Gasteiger partial charge on any atom is 0.237 e. The van der Waals surface area contributed by atoms with Crippen molar-refractivity contribution in [2.75, 3.05) is 5.32 Å². The van der Waals surface area contributed by atoms with E-state index in [0.717, 1.165) is 17.1 Å². The zero-order valence-electron chi connectivity index (χ0n) is 14.7. The molecule has 0 bridgehead atoms. The Hall–Kier alpha value is -2.25. The average molecular weight is 391 g/mol. The molecule has 26 heavy (non-hydrogen) atoms. The molecule has 0 fully saturated rings. The molecule has 1 aromatic carbocycles. The van der Waals surface area contributed by atoms with Gasteiger partial charge in [-0.3, -0.25) is 4.79 Å². The van der Waals surface area contributed by atoms with Crippen molar-refractivity contribution in [1.29, 1.82) is 0 Å². The van der Waals surface area contributed by atoms with Crippen molar-refractivity contribution in [3.8, 4) is 11.4 Å². The van der Waals surface area contributed by atoms with E-state index in [1.807, 2.05) is 31.4 Å². The van der Waals surface area contributed by atoms with Gasteiger partial charge in [0.2, 0.25) is 5.91 Å². The Morgan fingerprint density at radius 2 is 2.04 bits per heavy atom. The van der Waals surface area contributed by atoms with Crippen LogP contribution in [-0.4, -0.2) is 25.9 Å². The van der Waals surface area contributed by atoms with Crippen LogP contribution in [0, 0.1) is 6.92 Å². The molecule has 0 spiro atoms. The summed E-state index contributed by atoms with van der Waals surface area (Å²) in [6, 6.07) is 8.89. The molecule has 0 aliphatic rings. The zero-order valence-corrected chi connectivity index (χ0v) is 16.3. The predicted molar refractivity (Wildman–Crippen MR) is 104 cm³/mol. The highest BCUT2D eigenvalue weighted by atomic mass is 35.5. The van der Waals surface area contributed by atoms with Gasteiger partial charge in [0.1, 0.15) is 5.76 Å². The van der Waals surface area contributed by atoms with Gasteiger partial charge in [0, 0.05) is 17.3 Å². The number of carbonyl (C=O) groups excluding carboxylic acids is 1. The Balaban J connectivity index is 1.74. The van der Waals surface area contributed by atoms with E-state index >= 15 is 0 Å². The number of rotatable bonds is 6. The van der Waals surface area contributed by atoms with Gasteiger partial charge in [-0.1, -0.05) is 23.4 Å². The summed E-state index contributed by atoms with van der Waals surface area (Å²) in [6.07, 6.45) is 1.63. The normalized spacial score (nSPS) is 12.2. The van der Waals surface area contributed by atoms with Crippen LogP contribution in [0.25, 0.3) is 11.4 Å². The van der Waals surface area contributed by atoms with Gasteiger partial charge >= 0.3 is 0 Å². The number of aryl methyl sites for hydroxylation is 1. The molecule has 2 aromatic heterocycles. The number of amides is 1. The molecule has 3 rings (SSSR count). The summed E-state index contributed by atoms with van der Waals surface area (Å²) in [7, 11) is 0. The molecule has 136 valence electrons. The van der Waals surface area contributed by atoms with Crippen LogP contribution in [0.4, 0.5) is 5.69 Å². The summed E-state index contributed by atoms with van der Waals surface area (Å²) in [5.74, 6) is 1.42. The third-order valence-electron chi connectivity index (χ3n) is 3.90. The van der Waals surface area contributed by atoms with E-state index in [2.05, 4.69) is 15.5 Å². The second kappa shape index (κ2) is 7.97. The first kappa shape index (κ1) is 18.5. The number of carbonyl (C=O) groups is 1. The van der Waals surface area contributed by atoms with Crippen LogP contribution >= 0.6 is 23.4 Å². The number of benzene rings is 1. The third kappa shape index (κ3) is 3.94. The minimum Gasteiger partial charge on any atom is -0.469 e. The summed E-state index contributed by atoms with van der Waals surface area (Å²) in [5, 5.41) is 12.4. The Kier molecular flexibility index (Phi) is 5.68. The summed E-state index contributed by atoms with van der Waals surface area (Å²) in [4.78, 5) is 12.5. The second-order valence-electron chi connectivity index (χ2n) is 5.70. The Morgan fingerprint density at radius 3 is 2.65 bits per heavy atom. The fraction of sp³-hybridized carbons (Fsp3) is 0.278. The Labute approximate surface area is 160 Å². The van der Waals surface area contributed by atoms with Crippen molar-refractivity contribution in [3.05, 3.63) is 47.4 Å². The van der Waals surface area contributed by atoms with Crippen molar-refractivity contribution >= 4 is 35.0 Å². The number of hydrogen-bond donors (Lipinski definition) is 1. The number of nitrogens with one attached hydrogen (secondary N) is 1. The number of nitrogens with zero attached hydrogens (tertiary/aromatic N) is 3. The first-order chi connectivity index (χ1) is 12.5. The van der Waals surface area contributed by atoms with Gasteiger partial charge in [-0.15, -0.1) is 10.2 Å². The first-order valence-corrected chi connectivity index (χ1v) is 9.46. The summed E-state index contributed by atoms with van der Waals surface area (Å²) in [5.41, 5.74) is 1.61. The molecule has 1 amide bonds. The van der Waals surface area contributed by atoms with Crippen molar-refractivity contribution in [1.82, 2.24) is 14.8 Å². The van der Waals surface area contributed by atoms with E-state index in [0.29, 0.717) is 22.4 Å². The molecular formula is C18H19ClN4O2S. The van der Waals surface area contributed by atoms with Gasteiger partial charge in [0.15, 0.2) is 11.0 Å². The SMILES string of the molecule is CCn1c(S[C@@H](C)C(=O)Nc2ccc(Cl)cc2)nnc1-c1ccoc1C. The van der Waals surface area contributed by atoms with Gasteiger partial charge in [0.05, 0.1) is 17.1 Å². The molecule has 0 radical (unpaired) electrons. The maximum atomic E-state index is 12.5. The highest BCUT2D eigenvalue weighted by Crippen LogP contribution is 2.29. The second-order valence-corrected chi connectivity index (χ2v) is 7.44. The van der Waals surface area contributed by atoms with Gasteiger partial charge in [0.25, 0.3) is 0 Å². The van der Waals surface area contributed by atoms with Crippen molar-refractivity contribution in [3.63, 3.8) is 0 Å². The maximum absolute atomic E-state index is 12.5. The smallest absolute Gasteiger partial charge is 0.237 e. The fourth-order valence-electron chi connectivity index (χ4n) is 2.47. The molecule has 0 aliphatic carbocycles. The molecule has 0 aliphatic heterocycles. The van der Waals surface area contributed by atoms with Crippen molar-refractivity contribution < 1.29 is 9.21 Å². The van der Waals surface area contributed by atoms with Crippen LogP contribution < -0.4 is 5.32 Å². The highest BCUT2D eigenvalue weighted by molar-refractivity contribution is 8.00. The predicted octanol–water partition coefficient (Wildman–Crippen LogP) is 4.64. The van der Waals surface area contributed by atoms with E-state index in [1.165, 1.54) is 11.8 Å². The van der Waals surface area contributed by atoms with Crippen LogP contribution in [-0.2, 0) is 11.3 Å². The quantitative estimate of drug-likeness (QED) is 0.620. The Morgan fingerprint density at radius 1 is 1.31 bits per heavy atom. The fourth-order valence-corrected chi connectivity index (χ4v) is 3.50. The lowest BCUT2D eigenvalue weighted by Gasteiger charge is -2.12. The largest absolute Gasteiger partial charge is 0.469 e. The van der Waals surface area contributed by atoms with Crippen LogP contribution in [0.2, 0.25) is 5.02 Å². The van der Waals surface area contributed by atoms with Gasteiger partial charge < -0.3 is 14.3 Å². The van der Waals surface area contributed by atoms with Crippen LogP contribution in [0.5, 0.6) is 0 Å². The topological polar surface area (TPSA) is 73.0 Å². The molecule has 1 atom stereocenters. The van der Waals surface area contributed by atoms with E-state index < -0.39 is 0 Å². The number of hydrogen-bond acceptors (Lipinski definition) is 5. The monoisotopic (exact) mass is 390 g/mol. The number of anilines is 1. The van der Waals surface area contributed by atoms with E-state index in [9.17, 15) is 4.79 Å². The average Bonchev–Trinajstić information content (AvgIpc) is 3.22. The lowest BCUT2D eigenvalue weighted by Crippen LogP contribution is -2.22. The van der Waals surface area contributed by atoms with Crippen molar-refractivity contribution in [2.45, 2.75) is 37.7 Å². The number of furan rings is 1. The Bertz CT molecular complexity index is 904. The molecule has 8 heteroatoms. The molecule has 0 saturated carbocycles. The lowest BCUT2D eigenvalue weighted by atomic mass is 10.2. The van der Waals surface area contributed by atoms with Crippen LogP contribution in [0.1, 0.15) is 19.6 Å². The minimum absolute atomic E-state index is 0.107. The summed E-state index contributed by atoms with van der Waals surface area (Å²) < 4.78 is 7.34. The van der Waals surface area contributed by atoms with Crippen molar-refractivity contribution in [2.24, 2.45) is 0 Å². The van der Waals surface area contributed by atoms with Gasteiger partial charge in [-0.2, -0.15) is 0 Å². The molecule has 6 nitrogen and oxygen atoms in total. The molecule has 1 N–H and O–H groups in total. The van der Waals surface area contributed by atoms with Gasteiger partial charge in [-0.05, 0) is 51.1 Å². The number of halogens is 1. The van der Waals surface area contributed by atoms with Crippen LogP contribution in [0.3, 0.4) is 0 Å². The number of thioether (sulfide) groups is 1. The summed E-state index contributed by atoms with van der Waals surface area (Å²) >= 11 is 7.24. The van der Waals surface area contributed by atoms with E-state index in [4.69, 9.17) is 16.0 Å². The molecule has 2 heterocycles.